The van der Waals surface area contributed by atoms with Crippen LogP contribution in [-0.4, -0.2) is 9.83 Å². The predicted molar refractivity (Wildman–Crippen MR) is 41.9 cm³/mol. The zero-order chi connectivity index (χ0) is 6.57. The summed E-state index contributed by atoms with van der Waals surface area (Å²) in [6, 6.07) is -0.236. The molecule has 48 valence electrons. The SMILES string of the molecule is CCC[C@H](N)C(=O)I. The molecule has 0 aromatic rings. The highest BCUT2D eigenvalue weighted by molar-refractivity contribution is 14.1. The fourth-order valence-electron chi connectivity index (χ4n) is 0.424. The van der Waals surface area contributed by atoms with Crippen molar-refractivity contribution in [3.63, 3.8) is 0 Å². The fraction of sp³-hybridized carbons (Fsp3) is 0.800. The van der Waals surface area contributed by atoms with Gasteiger partial charge in [0.1, 0.15) is 0 Å². The quantitative estimate of drug-likeness (QED) is 0.579. The van der Waals surface area contributed by atoms with Crippen LogP contribution in [0.4, 0.5) is 0 Å². The highest BCUT2D eigenvalue weighted by atomic mass is 127. The number of hydrogen-bond acceptors (Lipinski definition) is 2. The molecule has 0 heterocycles. The molecule has 0 aliphatic rings. The molecule has 8 heavy (non-hydrogen) atoms. The van der Waals surface area contributed by atoms with E-state index in [2.05, 4.69) is 0 Å². The van der Waals surface area contributed by atoms with Crippen molar-refractivity contribution in [1.29, 1.82) is 0 Å². The summed E-state index contributed by atoms with van der Waals surface area (Å²) in [6.07, 6.45) is 1.79. The summed E-state index contributed by atoms with van der Waals surface area (Å²) in [4.78, 5) is 10.4. The number of carbonyl (C=O) groups excluding carboxylic acids is 1. The Hall–Kier alpha value is 0.360. The van der Waals surface area contributed by atoms with Gasteiger partial charge < -0.3 is 5.73 Å². The number of carbonyl (C=O) groups is 1. The fourth-order valence-corrected chi connectivity index (χ4v) is 0.736. The minimum Gasteiger partial charge on any atom is -0.321 e. The van der Waals surface area contributed by atoms with E-state index in [1.54, 1.807) is 22.6 Å². The second-order valence-electron chi connectivity index (χ2n) is 1.70. The van der Waals surface area contributed by atoms with Crippen LogP contribution in [0.3, 0.4) is 0 Å². The highest BCUT2D eigenvalue weighted by Crippen LogP contribution is 1.98. The van der Waals surface area contributed by atoms with Crippen molar-refractivity contribution in [2.75, 3.05) is 0 Å². The molecular weight excluding hydrogens is 217 g/mol. The lowest BCUT2D eigenvalue weighted by Crippen LogP contribution is -2.25. The minimum absolute atomic E-state index is 0.0597. The summed E-state index contributed by atoms with van der Waals surface area (Å²) in [5, 5.41) is 0. The van der Waals surface area contributed by atoms with E-state index in [-0.39, 0.29) is 9.83 Å². The van der Waals surface area contributed by atoms with Crippen molar-refractivity contribution in [1.82, 2.24) is 0 Å². The third-order valence-corrected chi connectivity index (χ3v) is 1.69. The molecule has 0 amide bonds. The molecule has 1 atom stereocenters. The Bertz CT molecular complexity index is 84.5. The summed E-state index contributed by atoms with van der Waals surface area (Å²) in [7, 11) is 0. The summed E-state index contributed by atoms with van der Waals surface area (Å²) in [6.45, 7) is 2.01. The molecule has 0 radical (unpaired) electrons. The van der Waals surface area contributed by atoms with Gasteiger partial charge in [0.2, 0.25) is 3.79 Å². The summed E-state index contributed by atoms with van der Waals surface area (Å²) in [5.41, 5.74) is 5.37. The molecule has 0 bridgehead atoms. The van der Waals surface area contributed by atoms with Crippen molar-refractivity contribution in [2.24, 2.45) is 5.73 Å². The average Bonchev–Trinajstić information content (AvgIpc) is 1.67. The lowest BCUT2D eigenvalue weighted by atomic mass is 10.2. The molecule has 0 rings (SSSR count). The molecular formula is C5H10INO. The highest BCUT2D eigenvalue weighted by Gasteiger charge is 2.05. The molecule has 0 saturated carbocycles. The standard InChI is InChI=1S/C5H10INO/c1-2-3-4(7)5(6)8/h4H,2-3,7H2,1H3/t4-/m0/s1. The Labute approximate surface area is 63.0 Å². The molecule has 0 spiro atoms. The van der Waals surface area contributed by atoms with Gasteiger partial charge in [0.25, 0.3) is 0 Å². The molecule has 0 aliphatic carbocycles. The second kappa shape index (κ2) is 4.26. The van der Waals surface area contributed by atoms with E-state index in [9.17, 15) is 4.79 Å². The van der Waals surface area contributed by atoms with Crippen LogP contribution in [0, 0.1) is 0 Å². The van der Waals surface area contributed by atoms with Gasteiger partial charge in [-0.25, -0.2) is 0 Å². The van der Waals surface area contributed by atoms with Gasteiger partial charge in [0.15, 0.2) is 0 Å². The first-order valence-electron chi connectivity index (χ1n) is 2.63. The smallest absolute Gasteiger partial charge is 0.208 e. The van der Waals surface area contributed by atoms with Crippen LogP contribution in [0.2, 0.25) is 0 Å². The second-order valence-corrected chi connectivity index (χ2v) is 2.76. The Morgan fingerprint density at radius 3 is 2.50 bits per heavy atom. The number of rotatable bonds is 3. The van der Waals surface area contributed by atoms with Gasteiger partial charge >= 0.3 is 0 Å². The lowest BCUT2D eigenvalue weighted by Gasteiger charge is -2.00. The van der Waals surface area contributed by atoms with E-state index < -0.39 is 0 Å². The van der Waals surface area contributed by atoms with Gasteiger partial charge in [-0.3, -0.25) is 4.79 Å². The van der Waals surface area contributed by atoms with Crippen LogP contribution in [0.25, 0.3) is 0 Å². The molecule has 0 aromatic carbocycles. The van der Waals surface area contributed by atoms with Crippen molar-refractivity contribution in [3.8, 4) is 0 Å². The van der Waals surface area contributed by atoms with Gasteiger partial charge in [0, 0.05) is 22.6 Å². The number of hydrogen-bond donors (Lipinski definition) is 1. The maximum absolute atomic E-state index is 10.4. The molecule has 0 aliphatic heterocycles. The van der Waals surface area contributed by atoms with Crippen LogP contribution < -0.4 is 5.73 Å². The Morgan fingerprint density at radius 1 is 1.88 bits per heavy atom. The monoisotopic (exact) mass is 227 g/mol. The summed E-state index contributed by atoms with van der Waals surface area (Å²) in [5.74, 6) is 0. The topological polar surface area (TPSA) is 43.1 Å². The van der Waals surface area contributed by atoms with Gasteiger partial charge in [-0.1, -0.05) is 13.3 Å². The molecule has 2 N–H and O–H groups in total. The summed E-state index contributed by atoms with van der Waals surface area (Å²) < 4.78 is 0.0597. The Kier molecular flexibility index (Phi) is 4.45. The van der Waals surface area contributed by atoms with Crippen molar-refractivity contribution >= 4 is 26.4 Å². The van der Waals surface area contributed by atoms with Gasteiger partial charge in [-0.05, 0) is 6.42 Å². The average molecular weight is 227 g/mol. The summed E-state index contributed by atoms with van der Waals surface area (Å²) >= 11 is 1.73. The third kappa shape index (κ3) is 3.37. The van der Waals surface area contributed by atoms with Gasteiger partial charge in [-0.2, -0.15) is 0 Å². The van der Waals surface area contributed by atoms with E-state index in [4.69, 9.17) is 5.73 Å². The van der Waals surface area contributed by atoms with Crippen LogP contribution in [0.15, 0.2) is 0 Å². The zero-order valence-corrected chi connectivity index (χ0v) is 7.01. The first kappa shape index (κ1) is 8.36. The predicted octanol–water partition coefficient (Wildman–Crippen LogP) is 1.08. The lowest BCUT2D eigenvalue weighted by molar-refractivity contribution is -0.110. The van der Waals surface area contributed by atoms with Crippen molar-refractivity contribution < 1.29 is 4.79 Å². The van der Waals surface area contributed by atoms with Crippen LogP contribution in [0.1, 0.15) is 19.8 Å². The maximum atomic E-state index is 10.4. The first-order chi connectivity index (χ1) is 3.68. The maximum Gasteiger partial charge on any atom is 0.208 e. The van der Waals surface area contributed by atoms with E-state index in [1.807, 2.05) is 6.92 Å². The van der Waals surface area contributed by atoms with E-state index in [0.717, 1.165) is 12.8 Å². The number of nitrogens with two attached hydrogens (primary N) is 1. The van der Waals surface area contributed by atoms with Gasteiger partial charge in [-0.15, -0.1) is 0 Å². The molecule has 0 unspecified atom stereocenters. The van der Waals surface area contributed by atoms with E-state index in [1.165, 1.54) is 0 Å². The molecule has 0 aromatic heterocycles. The largest absolute Gasteiger partial charge is 0.321 e. The van der Waals surface area contributed by atoms with E-state index in [0.29, 0.717) is 0 Å². The van der Waals surface area contributed by atoms with Crippen LogP contribution in [-0.2, 0) is 4.79 Å². The Morgan fingerprint density at radius 2 is 2.38 bits per heavy atom. The van der Waals surface area contributed by atoms with Crippen molar-refractivity contribution in [3.05, 3.63) is 0 Å². The molecule has 2 nitrogen and oxygen atoms in total. The van der Waals surface area contributed by atoms with Gasteiger partial charge in [0.05, 0.1) is 6.04 Å². The van der Waals surface area contributed by atoms with Crippen LogP contribution in [0.5, 0.6) is 0 Å². The van der Waals surface area contributed by atoms with Crippen molar-refractivity contribution in [2.45, 2.75) is 25.8 Å². The molecule has 0 saturated heterocycles. The molecule has 0 fully saturated rings. The minimum atomic E-state index is -0.236. The Balaban J connectivity index is 3.32. The zero-order valence-electron chi connectivity index (χ0n) is 4.86. The normalized spacial score (nSPS) is 13.4. The number of halogens is 1. The van der Waals surface area contributed by atoms with E-state index >= 15 is 0 Å². The molecule has 3 heteroatoms. The first-order valence-corrected chi connectivity index (χ1v) is 3.71. The van der Waals surface area contributed by atoms with Crippen LogP contribution >= 0.6 is 22.6 Å². The third-order valence-electron chi connectivity index (χ3n) is 0.891.